The smallest absolute Gasteiger partial charge is 0.409 e. The number of nitrogens with one attached hydrogen (secondary N) is 4. The van der Waals surface area contributed by atoms with Crippen molar-refractivity contribution in [2.45, 2.75) is 179 Å². The van der Waals surface area contributed by atoms with Gasteiger partial charge < -0.3 is 60.4 Å². The minimum Gasteiger partial charge on any atom is -0.457 e. The Morgan fingerprint density at radius 1 is 0.955 bits per heavy atom. The van der Waals surface area contributed by atoms with E-state index in [-0.39, 0.29) is 69.4 Å². The standard InChI is InChI=1S/C61H79ClF2N8O17/c1-31(2)53(68-47(74)18-11-12-19-51(78)89-72-48(75)20-21-49(72)76)55(79)67-41(16-14-22-66-58(65)82)43(73)27-37-26-40(64)38(28-39(37)63)56(80)70(8)35(6)57(81)87-46-29-50(77)71(9)42-25-36(24-33(4)52(42)62)23-32(3)15-13-17-45(85-10)61(84)30-44(86-59(83)69-61)34(5)54-60(46,7)88-54/h13,15,17,24-26,28,31,34-35,41,44-46,53-54,84H,11-12,14,16,18-23,27,29-30H2,1-10H3,(H,67,79)(H,68,74)(H,69,83)(H3,65,66,82)/b17-13+,32-15+/t34-,35+,41+,44+,45-,46+,53+,54+,60+,61+/m1/s1. The van der Waals surface area contributed by atoms with Crippen molar-refractivity contribution in [3.63, 3.8) is 0 Å². The Morgan fingerprint density at radius 2 is 1.63 bits per heavy atom. The average molecular weight is 1270 g/mol. The SMILES string of the molecule is CO[C@@H]1/C=C/C=C(\C)Cc2cc(C)c(Cl)c(c2)N(C)C(=O)C[C@H](OC(=O)[C@H](C)N(C)C(=O)c2cc(F)c(CC(=O)[C@H](CCCNC(N)=O)NC(=O)[C@@H](NC(=O)CCCCC(=O)ON3C(=O)CCC3=O)C(C)C)cc2F)[C@]2(C)O[C@H]2[C@H](C)[C@@H]2C[C@@]1(O)NC(=O)O2. The number of nitrogens with zero attached hydrogens (tertiary/aromatic N) is 3. The molecule has 486 valence electrons. The average Bonchev–Trinajstić information content (AvgIpc) is 1.66. The van der Waals surface area contributed by atoms with Gasteiger partial charge in [-0.25, -0.2) is 28.0 Å². The summed E-state index contributed by atoms with van der Waals surface area (Å²) < 4.78 is 56.0. The number of hydrogen-bond acceptors (Lipinski definition) is 17. The van der Waals surface area contributed by atoms with Crippen molar-refractivity contribution >= 4 is 82.6 Å². The number of amides is 9. The zero-order valence-electron chi connectivity index (χ0n) is 51.5. The predicted molar refractivity (Wildman–Crippen MR) is 315 cm³/mol. The van der Waals surface area contributed by atoms with E-state index in [0.717, 1.165) is 23.1 Å². The minimum atomic E-state index is -1.96. The number of carbonyl (C=O) groups is 11. The monoisotopic (exact) mass is 1270 g/mol. The van der Waals surface area contributed by atoms with E-state index in [0.29, 0.717) is 34.9 Å². The molecule has 4 aliphatic heterocycles. The molecular formula is C61H79ClF2N8O17. The molecule has 0 aromatic heterocycles. The Bertz CT molecular complexity index is 3150. The number of ketones is 1. The van der Waals surface area contributed by atoms with E-state index in [9.17, 15) is 57.8 Å². The van der Waals surface area contributed by atoms with Gasteiger partial charge in [0, 0.05) is 72.2 Å². The molecule has 6 rings (SSSR count). The number of epoxide rings is 1. The van der Waals surface area contributed by atoms with Crippen molar-refractivity contribution < 1.29 is 90.4 Å². The van der Waals surface area contributed by atoms with Gasteiger partial charge in [0.15, 0.2) is 11.5 Å². The number of anilines is 1. The van der Waals surface area contributed by atoms with E-state index in [1.54, 1.807) is 52.8 Å². The molecule has 89 heavy (non-hydrogen) atoms. The van der Waals surface area contributed by atoms with Crippen LogP contribution in [0, 0.1) is 30.4 Å². The van der Waals surface area contributed by atoms with Crippen molar-refractivity contribution in [2.24, 2.45) is 17.6 Å². The molecule has 4 aliphatic rings. The van der Waals surface area contributed by atoms with Crippen LogP contribution in [0.2, 0.25) is 5.02 Å². The van der Waals surface area contributed by atoms with Crippen molar-refractivity contribution in [3.05, 3.63) is 87.0 Å². The van der Waals surface area contributed by atoms with Gasteiger partial charge in [0.25, 0.3) is 17.7 Å². The Labute approximate surface area is 519 Å². The van der Waals surface area contributed by atoms with Crippen molar-refractivity contribution in [1.29, 1.82) is 0 Å². The number of nitrogens with two attached hydrogens (primary N) is 1. The Morgan fingerprint density at radius 3 is 2.28 bits per heavy atom. The quantitative estimate of drug-likeness (QED) is 0.0400. The summed E-state index contributed by atoms with van der Waals surface area (Å²) in [6.07, 6.45) is -1.59. The number of carbonyl (C=O) groups excluding carboxylic acids is 11. The number of esters is 1. The molecule has 9 amide bonds. The first-order valence-electron chi connectivity index (χ1n) is 29.3. The third-order valence-electron chi connectivity index (χ3n) is 16.4. The lowest BCUT2D eigenvalue weighted by Crippen LogP contribution is -2.63. The molecule has 25 nitrogen and oxygen atoms in total. The Hall–Kier alpha value is -7.88. The molecule has 0 unspecified atom stereocenters. The molecule has 2 aromatic carbocycles. The number of hydroxylamine groups is 2. The number of primary amides is 1. The number of halogens is 3. The number of rotatable bonds is 22. The van der Waals surface area contributed by atoms with Gasteiger partial charge in [-0.3, -0.25) is 38.9 Å². The Balaban J connectivity index is 1.16. The van der Waals surface area contributed by atoms with Gasteiger partial charge in [-0.2, -0.15) is 0 Å². The normalized spacial score (nSPS) is 24.8. The number of Topliss-reactive ketones (excluding diaryl/α,β-unsaturated/α-hetero) is 1. The number of methoxy groups -OCH3 is 1. The van der Waals surface area contributed by atoms with Crippen LogP contribution >= 0.6 is 11.6 Å². The van der Waals surface area contributed by atoms with E-state index < -0.39 is 167 Å². The fourth-order valence-corrected chi connectivity index (χ4v) is 11.1. The largest absolute Gasteiger partial charge is 0.457 e. The number of likely N-dealkylation sites (N-methyl/N-ethyl adjacent to an activating group) is 1. The highest BCUT2D eigenvalue weighted by atomic mass is 35.5. The summed E-state index contributed by atoms with van der Waals surface area (Å²) >= 11 is 6.82. The first-order valence-corrected chi connectivity index (χ1v) is 29.7. The highest BCUT2D eigenvalue weighted by Gasteiger charge is 2.64. The number of imide groups is 1. The summed E-state index contributed by atoms with van der Waals surface area (Å²) in [6.45, 7) is 11.4. The second-order valence-electron chi connectivity index (χ2n) is 23.5. The van der Waals surface area contributed by atoms with Crippen LogP contribution in [0.4, 0.5) is 24.1 Å². The van der Waals surface area contributed by atoms with Crippen molar-refractivity contribution in [3.8, 4) is 0 Å². The van der Waals surface area contributed by atoms with Crippen LogP contribution in [-0.4, -0.2) is 162 Å². The van der Waals surface area contributed by atoms with Gasteiger partial charge in [0.05, 0.1) is 34.8 Å². The topological polar surface area (TPSA) is 341 Å². The van der Waals surface area contributed by atoms with Crippen LogP contribution in [0.5, 0.6) is 0 Å². The number of ether oxygens (including phenoxy) is 4. The number of aliphatic hydroxyl groups is 1. The number of hydrogen-bond donors (Lipinski definition) is 6. The molecule has 4 bridgehead atoms. The Kier molecular flexibility index (Phi) is 23.7. The number of urea groups is 1. The second-order valence-corrected chi connectivity index (χ2v) is 23.9. The molecule has 3 saturated heterocycles. The first-order chi connectivity index (χ1) is 41.8. The highest BCUT2D eigenvalue weighted by molar-refractivity contribution is 6.34. The van der Waals surface area contributed by atoms with E-state index in [2.05, 4.69) is 21.3 Å². The number of allylic oxidation sites excluding steroid dienone is 3. The maximum Gasteiger partial charge on any atom is 0.409 e. The molecule has 0 saturated carbocycles. The fraction of sp³-hybridized carbons (Fsp3) is 0.557. The fourth-order valence-electron chi connectivity index (χ4n) is 10.8. The number of alkyl carbamates (subject to hydrolysis) is 1. The van der Waals surface area contributed by atoms with Crippen LogP contribution < -0.4 is 31.9 Å². The number of fused-ring (bicyclic) bond motifs is 5. The highest BCUT2D eigenvalue weighted by Crippen LogP contribution is 2.49. The van der Waals surface area contributed by atoms with Gasteiger partial charge in [0.1, 0.15) is 47.6 Å². The van der Waals surface area contributed by atoms with Crippen molar-refractivity contribution in [1.82, 2.24) is 31.2 Å². The molecule has 0 spiro atoms. The van der Waals surface area contributed by atoms with E-state index in [1.165, 1.54) is 26.0 Å². The predicted octanol–water partition coefficient (Wildman–Crippen LogP) is 4.76. The van der Waals surface area contributed by atoms with Crippen LogP contribution in [0.15, 0.2) is 48.1 Å². The first kappa shape index (κ1) is 70.2. The van der Waals surface area contributed by atoms with E-state index in [4.69, 9.17) is 41.1 Å². The maximum absolute atomic E-state index is 16.2. The van der Waals surface area contributed by atoms with E-state index in [1.807, 2.05) is 19.1 Å². The summed E-state index contributed by atoms with van der Waals surface area (Å²) in [7, 11) is 4.01. The lowest BCUT2D eigenvalue weighted by Gasteiger charge is -2.42. The lowest BCUT2D eigenvalue weighted by molar-refractivity contribution is -0.197. The van der Waals surface area contributed by atoms with Gasteiger partial charge in [-0.05, 0) is 101 Å². The third-order valence-corrected chi connectivity index (χ3v) is 16.8. The molecule has 0 radical (unpaired) electrons. The van der Waals surface area contributed by atoms with Crippen molar-refractivity contribution in [2.75, 3.05) is 32.6 Å². The second kappa shape index (κ2) is 30.1. The van der Waals surface area contributed by atoms with E-state index >= 15 is 8.78 Å². The minimum absolute atomic E-state index is 0.0424. The van der Waals surface area contributed by atoms with Gasteiger partial charge in [-0.15, -0.1) is 5.06 Å². The zero-order valence-corrected chi connectivity index (χ0v) is 52.2. The number of benzene rings is 2. The molecule has 28 heteroatoms. The number of aryl methyl sites for hydroxylation is 1. The molecule has 7 N–H and O–H groups in total. The molecule has 4 heterocycles. The van der Waals surface area contributed by atoms with Crippen LogP contribution in [-0.2, 0) is 75.0 Å². The van der Waals surface area contributed by atoms with Crippen LogP contribution in [0.3, 0.4) is 0 Å². The summed E-state index contributed by atoms with van der Waals surface area (Å²) in [5, 5.41) is 22.6. The summed E-state index contributed by atoms with van der Waals surface area (Å²) in [5.41, 5.74) is 3.12. The number of unbranched alkanes of at least 4 members (excludes halogenated alkanes) is 1. The van der Waals surface area contributed by atoms with Gasteiger partial charge >= 0.3 is 24.1 Å². The van der Waals surface area contributed by atoms with Gasteiger partial charge in [0.2, 0.25) is 17.7 Å². The zero-order chi connectivity index (χ0) is 66.0. The molecule has 10 atom stereocenters. The molecule has 3 fully saturated rings. The summed E-state index contributed by atoms with van der Waals surface area (Å²) in [6, 6.07) is -0.216. The summed E-state index contributed by atoms with van der Waals surface area (Å²) in [5.74, 6) is -11.0. The molecule has 0 aliphatic carbocycles. The molecule has 2 aromatic rings. The van der Waals surface area contributed by atoms with Crippen LogP contribution in [0.1, 0.15) is 133 Å². The van der Waals surface area contributed by atoms with Gasteiger partial charge in [-0.1, -0.05) is 62.2 Å². The third kappa shape index (κ3) is 17.7. The maximum atomic E-state index is 16.2. The molecular weight excluding hydrogens is 1190 g/mol. The van der Waals surface area contributed by atoms with Crippen LogP contribution in [0.25, 0.3) is 0 Å². The summed E-state index contributed by atoms with van der Waals surface area (Å²) in [4.78, 5) is 151. The lowest BCUT2D eigenvalue weighted by atomic mass is 9.83.